The van der Waals surface area contributed by atoms with E-state index in [2.05, 4.69) is 5.10 Å². The van der Waals surface area contributed by atoms with Crippen LogP contribution in [0.5, 0.6) is 0 Å². The predicted octanol–water partition coefficient (Wildman–Crippen LogP) is 1.85. The van der Waals surface area contributed by atoms with E-state index in [0.717, 1.165) is 11.3 Å². The van der Waals surface area contributed by atoms with Gasteiger partial charge in [-0.15, -0.1) is 0 Å². The van der Waals surface area contributed by atoms with E-state index >= 15 is 0 Å². The summed E-state index contributed by atoms with van der Waals surface area (Å²) in [5, 5.41) is 4.19. The minimum Gasteiger partial charge on any atom is -0.467 e. The van der Waals surface area contributed by atoms with Crippen molar-refractivity contribution in [1.29, 1.82) is 0 Å². The van der Waals surface area contributed by atoms with E-state index in [1.807, 2.05) is 25.3 Å². The first kappa shape index (κ1) is 15.3. The number of methoxy groups -OCH3 is 1. The molecule has 0 spiro atoms. The summed E-state index contributed by atoms with van der Waals surface area (Å²) >= 11 is 0. The third-order valence-corrected chi connectivity index (χ3v) is 3.16. The zero-order valence-corrected chi connectivity index (χ0v) is 12.5. The number of aromatic nitrogens is 2. The standard InChI is InChI=1S/C15H21N3O3/c1-13-10-16-18(11-13)6-5-15(19)17(7-9-20-2)12-14-4-3-8-21-14/h3-4,8,10-11H,5-7,9,12H2,1-2H3. The van der Waals surface area contributed by atoms with Crippen LogP contribution in [0.1, 0.15) is 17.7 Å². The molecule has 6 heteroatoms. The molecule has 6 nitrogen and oxygen atoms in total. The molecular formula is C15H21N3O3. The molecule has 0 atom stereocenters. The van der Waals surface area contributed by atoms with Gasteiger partial charge in [-0.25, -0.2) is 0 Å². The van der Waals surface area contributed by atoms with Gasteiger partial charge in [0, 0.05) is 32.8 Å². The van der Waals surface area contributed by atoms with Gasteiger partial charge in [0.25, 0.3) is 0 Å². The summed E-state index contributed by atoms with van der Waals surface area (Å²) in [5.74, 6) is 0.839. The number of rotatable bonds is 8. The van der Waals surface area contributed by atoms with Gasteiger partial charge in [-0.05, 0) is 24.6 Å². The number of ether oxygens (including phenoxy) is 1. The summed E-state index contributed by atoms with van der Waals surface area (Å²) in [7, 11) is 1.63. The summed E-state index contributed by atoms with van der Waals surface area (Å²) in [6, 6.07) is 3.69. The summed E-state index contributed by atoms with van der Waals surface area (Å²) in [6.45, 7) is 4.08. The second kappa shape index (κ2) is 7.64. The van der Waals surface area contributed by atoms with Crippen LogP contribution in [0.3, 0.4) is 0 Å². The lowest BCUT2D eigenvalue weighted by Crippen LogP contribution is -2.33. The first-order valence-corrected chi connectivity index (χ1v) is 6.97. The van der Waals surface area contributed by atoms with Gasteiger partial charge in [-0.1, -0.05) is 0 Å². The average molecular weight is 291 g/mol. The fraction of sp³-hybridized carbons (Fsp3) is 0.467. The Bertz CT molecular complexity index is 548. The van der Waals surface area contributed by atoms with Crippen molar-refractivity contribution in [3.05, 3.63) is 42.1 Å². The van der Waals surface area contributed by atoms with Crippen LogP contribution >= 0.6 is 0 Å². The molecule has 2 aromatic heterocycles. The molecule has 0 aliphatic carbocycles. The molecule has 0 aromatic carbocycles. The highest BCUT2D eigenvalue weighted by Crippen LogP contribution is 2.08. The average Bonchev–Trinajstić information content (AvgIpc) is 3.12. The van der Waals surface area contributed by atoms with Crippen molar-refractivity contribution in [2.45, 2.75) is 26.4 Å². The topological polar surface area (TPSA) is 60.5 Å². The van der Waals surface area contributed by atoms with Gasteiger partial charge in [0.05, 0.1) is 25.6 Å². The van der Waals surface area contributed by atoms with E-state index < -0.39 is 0 Å². The Labute approximate surface area is 124 Å². The molecular weight excluding hydrogens is 270 g/mol. The number of aryl methyl sites for hydroxylation is 2. The number of carbonyl (C=O) groups excluding carboxylic acids is 1. The van der Waals surface area contributed by atoms with Gasteiger partial charge in [0.15, 0.2) is 0 Å². The fourth-order valence-corrected chi connectivity index (χ4v) is 2.04. The lowest BCUT2D eigenvalue weighted by Gasteiger charge is -2.21. The summed E-state index contributed by atoms with van der Waals surface area (Å²) in [5.41, 5.74) is 1.09. The first-order valence-electron chi connectivity index (χ1n) is 6.97. The smallest absolute Gasteiger partial charge is 0.224 e. The van der Waals surface area contributed by atoms with Gasteiger partial charge in [-0.2, -0.15) is 5.10 Å². The minimum absolute atomic E-state index is 0.0663. The van der Waals surface area contributed by atoms with Crippen LogP contribution in [0.15, 0.2) is 35.2 Å². The van der Waals surface area contributed by atoms with Crippen molar-refractivity contribution in [2.24, 2.45) is 0 Å². The number of nitrogens with zero attached hydrogens (tertiary/aromatic N) is 3. The number of carbonyl (C=O) groups is 1. The predicted molar refractivity (Wildman–Crippen MR) is 77.6 cm³/mol. The molecule has 0 bridgehead atoms. The first-order chi connectivity index (χ1) is 10.2. The van der Waals surface area contributed by atoms with Gasteiger partial charge in [0.2, 0.25) is 5.91 Å². The highest BCUT2D eigenvalue weighted by Gasteiger charge is 2.15. The zero-order valence-electron chi connectivity index (χ0n) is 12.5. The molecule has 2 aromatic rings. The number of furan rings is 1. The number of hydrogen-bond donors (Lipinski definition) is 0. The molecule has 114 valence electrons. The Morgan fingerprint density at radius 1 is 1.52 bits per heavy atom. The van der Waals surface area contributed by atoms with Crippen LogP contribution in [0, 0.1) is 6.92 Å². The van der Waals surface area contributed by atoms with Crippen LogP contribution in [-0.4, -0.2) is 40.8 Å². The van der Waals surface area contributed by atoms with E-state index in [0.29, 0.717) is 32.7 Å². The van der Waals surface area contributed by atoms with E-state index in [4.69, 9.17) is 9.15 Å². The van der Waals surface area contributed by atoms with Crippen molar-refractivity contribution < 1.29 is 13.9 Å². The lowest BCUT2D eigenvalue weighted by molar-refractivity contribution is -0.133. The molecule has 0 unspecified atom stereocenters. The van der Waals surface area contributed by atoms with Gasteiger partial charge in [-0.3, -0.25) is 9.48 Å². The van der Waals surface area contributed by atoms with Gasteiger partial charge < -0.3 is 14.1 Å². The molecule has 1 amide bonds. The number of amides is 1. The molecule has 2 heterocycles. The van der Waals surface area contributed by atoms with Crippen molar-refractivity contribution in [2.75, 3.05) is 20.3 Å². The normalized spacial score (nSPS) is 10.8. The Kier molecular flexibility index (Phi) is 5.57. The largest absolute Gasteiger partial charge is 0.467 e. The molecule has 0 fully saturated rings. The quantitative estimate of drug-likeness (QED) is 0.744. The Hall–Kier alpha value is -2.08. The molecule has 0 saturated heterocycles. The third-order valence-electron chi connectivity index (χ3n) is 3.16. The molecule has 2 rings (SSSR count). The van der Waals surface area contributed by atoms with E-state index in [-0.39, 0.29) is 5.91 Å². The van der Waals surface area contributed by atoms with Crippen LogP contribution in [0.25, 0.3) is 0 Å². The lowest BCUT2D eigenvalue weighted by atomic mass is 10.3. The highest BCUT2D eigenvalue weighted by molar-refractivity contribution is 5.76. The molecule has 0 N–H and O–H groups in total. The summed E-state index contributed by atoms with van der Waals surface area (Å²) in [6.07, 6.45) is 5.74. The summed E-state index contributed by atoms with van der Waals surface area (Å²) < 4.78 is 12.2. The Morgan fingerprint density at radius 2 is 2.38 bits per heavy atom. The van der Waals surface area contributed by atoms with Crippen molar-refractivity contribution in [3.63, 3.8) is 0 Å². The second-order valence-electron chi connectivity index (χ2n) is 4.92. The maximum atomic E-state index is 12.3. The highest BCUT2D eigenvalue weighted by atomic mass is 16.5. The van der Waals surface area contributed by atoms with E-state index in [9.17, 15) is 4.79 Å². The van der Waals surface area contributed by atoms with E-state index in [1.165, 1.54) is 0 Å². The monoisotopic (exact) mass is 291 g/mol. The minimum atomic E-state index is 0.0663. The van der Waals surface area contributed by atoms with Gasteiger partial charge >= 0.3 is 0 Å². The summed E-state index contributed by atoms with van der Waals surface area (Å²) in [4.78, 5) is 14.1. The van der Waals surface area contributed by atoms with E-state index in [1.54, 1.807) is 29.2 Å². The van der Waals surface area contributed by atoms with Crippen LogP contribution in [0.4, 0.5) is 0 Å². The van der Waals surface area contributed by atoms with Crippen LogP contribution in [-0.2, 0) is 22.6 Å². The SMILES string of the molecule is COCCN(Cc1ccco1)C(=O)CCn1cc(C)cn1. The van der Waals surface area contributed by atoms with Crippen LogP contribution < -0.4 is 0 Å². The van der Waals surface area contributed by atoms with Crippen molar-refractivity contribution in [3.8, 4) is 0 Å². The van der Waals surface area contributed by atoms with Crippen molar-refractivity contribution in [1.82, 2.24) is 14.7 Å². The maximum Gasteiger partial charge on any atom is 0.224 e. The Balaban J connectivity index is 1.90. The maximum absolute atomic E-state index is 12.3. The molecule has 0 radical (unpaired) electrons. The second-order valence-corrected chi connectivity index (χ2v) is 4.92. The van der Waals surface area contributed by atoms with Gasteiger partial charge in [0.1, 0.15) is 5.76 Å². The number of hydrogen-bond acceptors (Lipinski definition) is 4. The molecule has 0 aliphatic heterocycles. The van der Waals surface area contributed by atoms with Crippen molar-refractivity contribution >= 4 is 5.91 Å². The third kappa shape index (κ3) is 4.75. The molecule has 0 saturated carbocycles. The molecule has 0 aliphatic rings. The zero-order chi connectivity index (χ0) is 15.1. The Morgan fingerprint density at radius 3 is 3.00 bits per heavy atom. The van der Waals surface area contributed by atoms with Crippen LogP contribution in [0.2, 0.25) is 0 Å². The molecule has 21 heavy (non-hydrogen) atoms. The fourth-order valence-electron chi connectivity index (χ4n) is 2.04.